The van der Waals surface area contributed by atoms with Gasteiger partial charge in [0.1, 0.15) is 0 Å². The summed E-state index contributed by atoms with van der Waals surface area (Å²) in [4.78, 5) is 30.1. The van der Waals surface area contributed by atoms with E-state index in [0.717, 1.165) is 30.6 Å². The molecule has 2 rings (SSSR count). The summed E-state index contributed by atoms with van der Waals surface area (Å²) in [6, 6.07) is 19.8. The van der Waals surface area contributed by atoms with Crippen LogP contribution >= 0.6 is 0 Å². The van der Waals surface area contributed by atoms with Crippen LogP contribution in [0.2, 0.25) is 0 Å². The Hall–Kier alpha value is -2.66. The molecule has 210 valence electrons. The Kier molecular flexibility index (Phi) is 12.5. The fourth-order valence-corrected chi connectivity index (χ4v) is 4.42. The molecule has 0 saturated carbocycles. The van der Waals surface area contributed by atoms with Crippen LogP contribution in [0.25, 0.3) is 0 Å². The molecule has 0 unspecified atom stereocenters. The Balaban J connectivity index is 2.04. The van der Waals surface area contributed by atoms with Gasteiger partial charge in [-0.25, -0.2) is 0 Å². The lowest BCUT2D eigenvalue weighted by molar-refractivity contribution is -0.119. The van der Waals surface area contributed by atoms with E-state index >= 15 is 0 Å². The van der Waals surface area contributed by atoms with Gasteiger partial charge >= 0.3 is 0 Å². The molecule has 0 heterocycles. The number of anilines is 2. The average Bonchev–Trinajstić information content (AvgIpc) is 2.88. The first kappa shape index (κ1) is 31.6. The molecule has 0 radical (unpaired) electrons. The van der Waals surface area contributed by atoms with Gasteiger partial charge < -0.3 is 14.5 Å². The van der Waals surface area contributed by atoms with Crippen LogP contribution in [0.5, 0.6) is 0 Å². The second-order valence-corrected chi connectivity index (χ2v) is 12.5. The monoisotopic (exact) mass is 522 g/mol. The highest BCUT2D eigenvalue weighted by atomic mass is 16.5. The summed E-state index contributed by atoms with van der Waals surface area (Å²) in [6.07, 6.45) is 3.85. The molecule has 0 atom stereocenters. The maximum Gasteiger partial charge on any atom is 0.227 e. The highest BCUT2D eigenvalue weighted by Crippen LogP contribution is 2.27. The van der Waals surface area contributed by atoms with Crippen molar-refractivity contribution in [2.75, 3.05) is 36.1 Å². The van der Waals surface area contributed by atoms with Crippen molar-refractivity contribution in [2.45, 2.75) is 80.6 Å². The second kappa shape index (κ2) is 15.1. The molecule has 2 amide bonds. The molecule has 0 bridgehead atoms. The molecule has 0 saturated heterocycles. The predicted octanol–water partition coefficient (Wildman–Crippen LogP) is 7.75. The molecule has 0 aliphatic rings. The Morgan fingerprint density at radius 1 is 0.737 bits per heavy atom. The maximum atomic E-state index is 13.2. The molecule has 5 nitrogen and oxygen atoms in total. The zero-order chi connectivity index (χ0) is 28.2. The Labute approximate surface area is 231 Å². The quantitative estimate of drug-likeness (QED) is 0.226. The van der Waals surface area contributed by atoms with E-state index in [1.165, 1.54) is 0 Å². The topological polar surface area (TPSA) is 49.9 Å². The third-order valence-corrected chi connectivity index (χ3v) is 6.58. The molecule has 2 aromatic carbocycles. The summed E-state index contributed by atoms with van der Waals surface area (Å²) in [7, 11) is 0. The number of nitrogens with zero attached hydrogens (tertiary/aromatic N) is 2. The minimum atomic E-state index is -0.241. The molecule has 0 aromatic heterocycles. The molecular weight excluding hydrogens is 472 g/mol. The van der Waals surface area contributed by atoms with E-state index < -0.39 is 0 Å². The first-order chi connectivity index (χ1) is 17.9. The van der Waals surface area contributed by atoms with E-state index in [1.807, 2.05) is 70.5 Å². The Morgan fingerprint density at radius 2 is 1.16 bits per heavy atom. The lowest BCUT2D eigenvalue weighted by Gasteiger charge is -2.36. The fourth-order valence-electron chi connectivity index (χ4n) is 4.42. The lowest BCUT2D eigenvalue weighted by Crippen LogP contribution is -2.43. The number of benzene rings is 2. The molecule has 2 aromatic rings. The predicted molar refractivity (Wildman–Crippen MR) is 160 cm³/mol. The van der Waals surface area contributed by atoms with E-state index in [1.54, 1.807) is 0 Å². The number of unbranched alkanes of at least 4 members (excludes halogenated alkanes) is 1. The van der Waals surface area contributed by atoms with Gasteiger partial charge in [-0.05, 0) is 43.0 Å². The number of hydrogen-bond acceptors (Lipinski definition) is 3. The average molecular weight is 523 g/mol. The summed E-state index contributed by atoms with van der Waals surface area (Å²) in [5.74, 6) is 0.798. The number of para-hydroxylation sites is 2. The number of amides is 2. The highest BCUT2D eigenvalue weighted by Gasteiger charge is 2.30. The van der Waals surface area contributed by atoms with Crippen LogP contribution in [0.4, 0.5) is 11.4 Å². The van der Waals surface area contributed by atoms with Gasteiger partial charge in [0.05, 0.1) is 13.2 Å². The smallest absolute Gasteiger partial charge is 0.227 e. The molecule has 0 aliphatic heterocycles. The van der Waals surface area contributed by atoms with Gasteiger partial charge in [-0.3, -0.25) is 9.59 Å². The van der Waals surface area contributed by atoms with Gasteiger partial charge in [-0.15, -0.1) is 0 Å². The zero-order valence-electron chi connectivity index (χ0n) is 24.8. The normalized spacial score (nSPS) is 12.0. The van der Waals surface area contributed by atoms with Crippen molar-refractivity contribution >= 4 is 23.2 Å². The summed E-state index contributed by atoms with van der Waals surface area (Å²) in [6.45, 7) is 17.2. The third kappa shape index (κ3) is 11.0. The number of hydrogen-bond donors (Lipinski definition) is 0. The van der Waals surface area contributed by atoms with Crippen LogP contribution in [0.3, 0.4) is 0 Å². The first-order valence-electron chi connectivity index (χ1n) is 14.2. The fraction of sp³-hybridized carbons (Fsp3) is 0.576. The summed E-state index contributed by atoms with van der Waals surface area (Å²) in [5.41, 5.74) is 1.38. The largest absolute Gasteiger partial charge is 0.380 e. The van der Waals surface area contributed by atoms with Gasteiger partial charge in [-0.2, -0.15) is 0 Å². The van der Waals surface area contributed by atoms with Crippen molar-refractivity contribution in [1.29, 1.82) is 0 Å². The molecule has 5 heteroatoms. The molecule has 0 aliphatic carbocycles. The van der Waals surface area contributed by atoms with E-state index in [-0.39, 0.29) is 22.6 Å². The van der Waals surface area contributed by atoms with Crippen LogP contribution in [0.1, 0.15) is 80.6 Å². The minimum Gasteiger partial charge on any atom is -0.380 e. The van der Waals surface area contributed by atoms with E-state index in [4.69, 9.17) is 4.74 Å². The molecule has 0 N–H and O–H groups in total. The highest BCUT2D eigenvalue weighted by molar-refractivity contribution is 5.94. The van der Waals surface area contributed by atoms with E-state index in [0.29, 0.717) is 45.1 Å². The maximum absolute atomic E-state index is 13.2. The van der Waals surface area contributed by atoms with Crippen molar-refractivity contribution in [3.8, 4) is 0 Å². The molecular formula is C33H50N2O3. The summed E-state index contributed by atoms with van der Waals surface area (Å²) >= 11 is 0. The Morgan fingerprint density at radius 3 is 1.55 bits per heavy atom. The van der Waals surface area contributed by atoms with Crippen LogP contribution in [0, 0.1) is 16.7 Å². The number of ether oxygens (including phenoxy) is 1. The first-order valence-corrected chi connectivity index (χ1v) is 14.2. The second-order valence-electron chi connectivity index (χ2n) is 12.5. The third-order valence-electron chi connectivity index (χ3n) is 6.58. The van der Waals surface area contributed by atoms with Crippen molar-refractivity contribution in [3.05, 3.63) is 60.7 Å². The number of carbonyl (C=O) groups excluding carboxylic acids is 2. The van der Waals surface area contributed by atoms with Gasteiger partial charge in [-0.1, -0.05) is 91.3 Å². The van der Waals surface area contributed by atoms with Gasteiger partial charge in [0, 0.05) is 48.1 Å². The van der Waals surface area contributed by atoms with Crippen LogP contribution in [-0.2, 0) is 14.3 Å². The van der Waals surface area contributed by atoms with Crippen molar-refractivity contribution in [1.82, 2.24) is 0 Å². The van der Waals surface area contributed by atoms with E-state index in [2.05, 4.69) is 48.5 Å². The summed E-state index contributed by atoms with van der Waals surface area (Å²) in [5, 5.41) is 0. The molecule has 0 fully saturated rings. The van der Waals surface area contributed by atoms with Crippen LogP contribution in [-0.4, -0.2) is 38.1 Å². The summed E-state index contributed by atoms with van der Waals surface area (Å²) < 4.78 is 6.30. The van der Waals surface area contributed by atoms with Crippen molar-refractivity contribution in [2.24, 2.45) is 16.7 Å². The molecule has 0 spiro atoms. The van der Waals surface area contributed by atoms with Gasteiger partial charge in [0.15, 0.2) is 0 Å². The van der Waals surface area contributed by atoms with Crippen LogP contribution in [0.15, 0.2) is 60.7 Å². The zero-order valence-corrected chi connectivity index (χ0v) is 24.8. The molecule has 38 heavy (non-hydrogen) atoms. The minimum absolute atomic E-state index is 0.155. The SMILES string of the molecule is CCCCC(=O)N(CC(C)(C)COCC(C)(C)CN(C(=O)CCC(C)C)c1ccccc1)c1ccccc1. The van der Waals surface area contributed by atoms with Gasteiger partial charge in [0.25, 0.3) is 0 Å². The Bertz CT molecular complexity index is 970. The lowest BCUT2D eigenvalue weighted by atomic mass is 9.91. The van der Waals surface area contributed by atoms with E-state index in [9.17, 15) is 9.59 Å². The standard InChI is InChI=1S/C33H50N2O3/c1-8-9-20-30(36)34(28-16-12-10-13-17-28)23-32(4,5)25-38-26-33(6,7)24-35(29-18-14-11-15-19-29)31(37)22-21-27(2)3/h10-19,27H,8-9,20-26H2,1-7H3. The van der Waals surface area contributed by atoms with Crippen molar-refractivity contribution in [3.63, 3.8) is 0 Å². The van der Waals surface area contributed by atoms with Crippen molar-refractivity contribution < 1.29 is 14.3 Å². The number of rotatable bonds is 16. The van der Waals surface area contributed by atoms with Crippen LogP contribution < -0.4 is 9.80 Å². The number of carbonyl (C=O) groups is 2. The van der Waals surface area contributed by atoms with Gasteiger partial charge in [0.2, 0.25) is 11.8 Å².